The van der Waals surface area contributed by atoms with Crippen LogP contribution in [0.15, 0.2) is 48.5 Å². The Balaban J connectivity index is 1.64. The summed E-state index contributed by atoms with van der Waals surface area (Å²) in [5, 5.41) is 2.42. The van der Waals surface area contributed by atoms with Crippen molar-refractivity contribution in [2.45, 2.75) is 12.8 Å². The minimum absolute atomic E-state index is 0.0126. The topological polar surface area (TPSA) is 75.7 Å². The van der Waals surface area contributed by atoms with Crippen LogP contribution in [0.2, 0.25) is 0 Å². The fourth-order valence-corrected chi connectivity index (χ4v) is 2.64. The molecule has 1 aliphatic heterocycles. The molecule has 9 heteroatoms. The molecule has 0 bridgehead atoms. The quantitative estimate of drug-likeness (QED) is 0.831. The van der Waals surface area contributed by atoms with Crippen LogP contribution in [0.3, 0.4) is 0 Å². The highest BCUT2D eigenvalue weighted by Crippen LogP contribution is 2.24. The van der Waals surface area contributed by atoms with Gasteiger partial charge in [0.15, 0.2) is 0 Å². The van der Waals surface area contributed by atoms with Crippen LogP contribution >= 0.6 is 0 Å². The molecule has 0 saturated heterocycles. The van der Waals surface area contributed by atoms with Crippen LogP contribution in [-0.2, 0) is 16.0 Å². The van der Waals surface area contributed by atoms with Crippen LogP contribution in [0.1, 0.15) is 15.9 Å². The number of hydrogen-bond acceptors (Lipinski definition) is 4. The van der Waals surface area contributed by atoms with Crippen molar-refractivity contribution in [2.24, 2.45) is 0 Å². The molecule has 6 nitrogen and oxygen atoms in total. The number of benzene rings is 2. The van der Waals surface area contributed by atoms with Crippen molar-refractivity contribution in [1.82, 2.24) is 4.90 Å². The van der Waals surface area contributed by atoms with E-state index in [-0.39, 0.29) is 12.1 Å². The van der Waals surface area contributed by atoms with Crippen molar-refractivity contribution in [3.63, 3.8) is 0 Å². The summed E-state index contributed by atoms with van der Waals surface area (Å²) in [7, 11) is 0. The summed E-state index contributed by atoms with van der Waals surface area (Å²) in [6.07, 6.45) is -4.80. The number of fused-ring (bicyclic) bond motifs is 1. The van der Waals surface area contributed by atoms with Gasteiger partial charge in [0.2, 0.25) is 11.8 Å². The number of alkyl halides is 3. The molecule has 27 heavy (non-hydrogen) atoms. The fraction of sp³-hybridized carbons (Fsp3) is 0.167. The maximum absolute atomic E-state index is 12.4. The zero-order valence-corrected chi connectivity index (χ0v) is 13.7. The molecule has 2 aromatic rings. The minimum atomic E-state index is -4.81. The van der Waals surface area contributed by atoms with Gasteiger partial charge >= 0.3 is 6.36 Å². The van der Waals surface area contributed by atoms with Crippen LogP contribution in [0.4, 0.5) is 18.9 Å². The third-order valence-corrected chi connectivity index (χ3v) is 3.81. The molecule has 0 saturated carbocycles. The van der Waals surface area contributed by atoms with Gasteiger partial charge in [0, 0.05) is 11.3 Å². The zero-order chi connectivity index (χ0) is 19.6. The Labute approximate surface area is 151 Å². The lowest BCUT2D eigenvalue weighted by Gasteiger charge is -2.26. The van der Waals surface area contributed by atoms with E-state index >= 15 is 0 Å². The van der Waals surface area contributed by atoms with Crippen LogP contribution in [0, 0.1) is 0 Å². The number of anilines is 1. The molecule has 0 aromatic heterocycles. The van der Waals surface area contributed by atoms with Gasteiger partial charge in [-0.2, -0.15) is 0 Å². The number of carbonyl (C=O) groups excluding carboxylic acids is 3. The average Bonchev–Trinajstić information content (AvgIpc) is 2.59. The van der Waals surface area contributed by atoms with Gasteiger partial charge in [0.25, 0.3) is 5.91 Å². The zero-order valence-electron chi connectivity index (χ0n) is 13.7. The highest BCUT2D eigenvalue weighted by atomic mass is 19.4. The third-order valence-electron chi connectivity index (χ3n) is 3.81. The van der Waals surface area contributed by atoms with Crippen molar-refractivity contribution in [3.8, 4) is 5.75 Å². The first-order chi connectivity index (χ1) is 12.7. The molecule has 1 heterocycles. The summed E-state index contributed by atoms with van der Waals surface area (Å²) in [6.45, 7) is -0.493. The highest BCUT2D eigenvalue weighted by molar-refractivity contribution is 6.12. The number of amides is 3. The summed E-state index contributed by atoms with van der Waals surface area (Å²) < 4.78 is 40.1. The van der Waals surface area contributed by atoms with Crippen molar-refractivity contribution < 1.29 is 32.3 Å². The molecular weight excluding hydrogens is 365 g/mol. The Morgan fingerprint density at radius 1 is 1.07 bits per heavy atom. The van der Waals surface area contributed by atoms with E-state index in [1.165, 1.54) is 12.1 Å². The summed E-state index contributed by atoms with van der Waals surface area (Å²) in [5.41, 5.74) is 1.16. The lowest BCUT2D eigenvalue weighted by Crippen LogP contribution is -2.46. The standard InChI is InChI=1S/C18H13F3N2O4/c19-18(20,21)27-13-7-5-12(6-8-13)22-15(24)10-23-16(25)9-11-3-1-2-4-14(11)17(23)26/h1-8H,9-10H2,(H,22,24). The summed E-state index contributed by atoms with van der Waals surface area (Å²) >= 11 is 0. The molecular formula is C18H13F3N2O4. The summed E-state index contributed by atoms with van der Waals surface area (Å²) in [4.78, 5) is 37.5. The summed E-state index contributed by atoms with van der Waals surface area (Å²) in [5.74, 6) is -2.15. The van der Waals surface area contributed by atoms with Crippen molar-refractivity contribution in [1.29, 1.82) is 0 Å². The second kappa shape index (κ2) is 7.10. The molecule has 3 rings (SSSR count). The fourth-order valence-electron chi connectivity index (χ4n) is 2.64. The molecule has 0 fully saturated rings. The first kappa shape index (κ1) is 18.4. The smallest absolute Gasteiger partial charge is 0.406 e. The van der Waals surface area contributed by atoms with Crippen LogP contribution in [0.25, 0.3) is 0 Å². The Morgan fingerprint density at radius 3 is 2.41 bits per heavy atom. The van der Waals surface area contributed by atoms with Crippen LogP contribution in [0.5, 0.6) is 5.75 Å². The van der Waals surface area contributed by atoms with Gasteiger partial charge in [-0.05, 0) is 35.9 Å². The number of nitrogens with one attached hydrogen (secondary N) is 1. The second-order valence-electron chi connectivity index (χ2n) is 5.74. The van der Waals surface area contributed by atoms with Crippen molar-refractivity contribution >= 4 is 23.4 Å². The monoisotopic (exact) mass is 378 g/mol. The predicted molar refractivity (Wildman–Crippen MR) is 87.9 cm³/mol. The number of imide groups is 1. The van der Waals surface area contributed by atoms with E-state index in [1.807, 2.05) is 0 Å². The molecule has 0 atom stereocenters. The molecule has 3 amide bonds. The predicted octanol–water partition coefficient (Wildman–Crippen LogP) is 2.75. The lowest BCUT2D eigenvalue weighted by molar-refractivity contribution is -0.274. The Hall–Kier alpha value is -3.36. The van der Waals surface area contributed by atoms with Crippen molar-refractivity contribution in [2.75, 3.05) is 11.9 Å². The summed E-state index contributed by atoms with van der Waals surface area (Å²) in [6, 6.07) is 11.1. The molecule has 0 spiro atoms. The molecule has 140 valence electrons. The molecule has 1 aliphatic rings. The average molecular weight is 378 g/mol. The van der Waals surface area contributed by atoms with Crippen molar-refractivity contribution in [3.05, 3.63) is 59.7 Å². The minimum Gasteiger partial charge on any atom is -0.406 e. The Morgan fingerprint density at radius 2 is 1.74 bits per heavy atom. The van der Waals surface area contributed by atoms with Gasteiger partial charge in [0.05, 0.1) is 6.42 Å². The van der Waals surface area contributed by atoms with Gasteiger partial charge in [0.1, 0.15) is 12.3 Å². The first-order valence-electron chi connectivity index (χ1n) is 7.81. The normalized spacial score (nSPS) is 14.0. The molecule has 0 unspecified atom stereocenters. The van der Waals surface area contributed by atoms with E-state index in [1.54, 1.807) is 24.3 Å². The number of rotatable bonds is 4. The molecule has 1 N–H and O–H groups in total. The maximum atomic E-state index is 12.4. The van der Waals surface area contributed by atoms with E-state index in [2.05, 4.69) is 10.1 Å². The van der Waals surface area contributed by atoms with Gasteiger partial charge in [-0.25, -0.2) is 0 Å². The highest BCUT2D eigenvalue weighted by Gasteiger charge is 2.32. The van der Waals surface area contributed by atoms with Gasteiger partial charge in [-0.3, -0.25) is 19.3 Å². The van der Waals surface area contributed by atoms with Gasteiger partial charge in [-0.15, -0.1) is 13.2 Å². The van der Waals surface area contributed by atoms with Gasteiger partial charge in [-0.1, -0.05) is 18.2 Å². The number of carbonyl (C=O) groups is 3. The lowest BCUT2D eigenvalue weighted by atomic mass is 9.98. The van der Waals surface area contributed by atoms with Gasteiger partial charge < -0.3 is 10.1 Å². The van der Waals surface area contributed by atoms with Crippen LogP contribution < -0.4 is 10.1 Å². The van der Waals surface area contributed by atoms with Crippen LogP contribution in [-0.4, -0.2) is 35.5 Å². The van der Waals surface area contributed by atoms with E-state index in [0.717, 1.165) is 17.0 Å². The molecule has 0 aliphatic carbocycles. The SMILES string of the molecule is O=C(CN1C(=O)Cc2ccccc2C1=O)Nc1ccc(OC(F)(F)F)cc1. The van der Waals surface area contributed by atoms with E-state index in [4.69, 9.17) is 0 Å². The number of nitrogens with zero attached hydrogens (tertiary/aromatic N) is 1. The second-order valence-corrected chi connectivity index (χ2v) is 5.74. The largest absolute Gasteiger partial charge is 0.573 e. The van der Waals surface area contributed by atoms with E-state index in [0.29, 0.717) is 11.1 Å². The van der Waals surface area contributed by atoms with E-state index < -0.39 is 36.4 Å². The Bertz CT molecular complexity index is 894. The number of hydrogen-bond donors (Lipinski definition) is 1. The third kappa shape index (κ3) is 4.43. The van der Waals surface area contributed by atoms with E-state index in [9.17, 15) is 27.6 Å². The number of halogens is 3. The maximum Gasteiger partial charge on any atom is 0.573 e. The molecule has 0 radical (unpaired) electrons. The first-order valence-corrected chi connectivity index (χ1v) is 7.81. The number of ether oxygens (including phenoxy) is 1. The Kier molecular flexibility index (Phi) is 4.85. The molecule has 2 aromatic carbocycles.